The van der Waals surface area contributed by atoms with Gasteiger partial charge >= 0.3 is 5.92 Å². The number of hydrogen-bond acceptors (Lipinski definition) is 5. The standard InChI is InChI=1S/C25H38F2N6O3.2ClH.H2O/c1-3-13-25(26,27)21(34)18(11-7-14-31-24(28)29)32-22(35)20-12-8-15-33(20)23(36)19(30-2)16-17-9-5-4-6-10-17;;;/h4-6,9-10,18-20,30H,3,7-8,11-16H2,1-2H3,(H,32,35)(H4,28,29,31);2*1H;1H2/t18?,19-,20+;;;/m1.../s1. The minimum atomic E-state index is -3.57. The Labute approximate surface area is 240 Å². The molecule has 1 aliphatic heterocycles. The number of alkyl halides is 2. The zero-order chi connectivity index (χ0) is 26.7. The molecule has 0 aromatic heterocycles. The lowest BCUT2D eigenvalue weighted by Crippen LogP contribution is -2.56. The number of guanidine groups is 1. The molecule has 39 heavy (non-hydrogen) atoms. The van der Waals surface area contributed by atoms with Crippen molar-refractivity contribution in [3.05, 3.63) is 35.9 Å². The second-order valence-electron chi connectivity index (χ2n) is 9.05. The second kappa shape index (κ2) is 18.7. The average Bonchev–Trinajstić information content (AvgIpc) is 3.34. The number of hydrogen-bond donors (Lipinski definition) is 4. The van der Waals surface area contributed by atoms with Crippen molar-refractivity contribution in [1.29, 1.82) is 0 Å². The van der Waals surface area contributed by atoms with Crippen LogP contribution in [0.3, 0.4) is 0 Å². The van der Waals surface area contributed by atoms with Crippen LogP contribution >= 0.6 is 24.8 Å². The topological polar surface area (TPSA) is 174 Å². The Kier molecular flexibility index (Phi) is 18.5. The molecule has 10 nitrogen and oxygen atoms in total. The van der Waals surface area contributed by atoms with E-state index < -0.39 is 42.2 Å². The second-order valence-corrected chi connectivity index (χ2v) is 9.05. The van der Waals surface area contributed by atoms with Crippen LogP contribution in [-0.2, 0) is 20.8 Å². The lowest BCUT2D eigenvalue weighted by molar-refractivity contribution is -0.149. The largest absolute Gasteiger partial charge is 0.412 e. The Balaban J connectivity index is 0. The molecular formula is C25H42Cl2F2N6O4. The van der Waals surface area contributed by atoms with Crippen LogP contribution in [0.5, 0.6) is 0 Å². The molecule has 14 heteroatoms. The van der Waals surface area contributed by atoms with Gasteiger partial charge in [0.25, 0.3) is 0 Å². The Morgan fingerprint density at radius 2 is 1.79 bits per heavy atom. The summed E-state index contributed by atoms with van der Waals surface area (Å²) in [6, 6.07) is 6.70. The van der Waals surface area contributed by atoms with Gasteiger partial charge in [-0.3, -0.25) is 19.4 Å². The highest BCUT2D eigenvalue weighted by Gasteiger charge is 2.44. The number of carbonyl (C=O) groups excluding carboxylic acids is 3. The van der Waals surface area contributed by atoms with Gasteiger partial charge in [0.1, 0.15) is 6.04 Å². The van der Waals surface area contributed by atoms with Crippen molar-refractivity contribution in [3.8, 4) is 0 Å². The predicted octanol–water partition coefficient (Wildman–Crippen LogP) is 1.37. The van der Waals surface area contributed by atoms with Gasteiger partial charge in [0, 0.05) is 19.5 Å². The first-order chi connectivity index (χ1) is 17.1. The first-order valence-electron chi connectivity index (χ1n) is 12.4. The molecular weight excluding hydrogens is 557 g/mol. The van der Waals surface area contributed by atoms with Gasteiger partial charge in [-0.15, -0.1) is 24.8 Å². The fourth-order valence-electron chi connectivity index (χ4n) is 4.40. The summed E-state index contributed by atoms with van der Waals surface area (Å²) in [5, 5.41) is 5.52. The number of carbonyl (C=O) groups is 3. The molecule has 1 aromatic carbocycles. The molecule has 2 rings (SSSR count). The summed E-state index contributed by atoms with van der Waals surface area (Å²) in [7, 11) is 1.68. The van der Waals surface area contributed by atoms with Crippen LogP contribution in [0, 0.1) is 0 Å². The van der Waals surface area contributed by atoms with Crippen molar-refractivity contribution in [2.45, 2.75) is 75.9 Å². The van der Waals surface area contributed by atoms with Crippen LogP contribution in [0.2, 0.25) is 0 Å². The SMILES string of the molecule is CCCC(F)(F)C(=O)C(CCCN=C(N)N)NC(=O)[C@@H]1CCCN1C(=O)[C@@H](Cc1ccccc1)NC.Cl.Cl.O. The molecule has 0 saturated carbocycles. The number of Topliss-reactive ketones (excluding diaryl/α,β-unsaturated/α-hetero) is 1. The average molecular weight is 600 g/mol. The maximum atomic E-state index is 14.5. The Bertz CT molecular complexity index is 923. The van der Waals surface area contributed by atoms with Crippen LogP contribution in [0.4, 0.5) is 8.78 Å². The molecule has 1 saturated heterocycles. The highest BCUT2D eigenvalue weighted by molar-refractivity contribution is 5.96. The highest BCUT2D eigenvalue weighted by atomic mass is 35.5. The van der Waals surface area contributed by atoms with Gasteiger partial charge in [-0.25, -0.2) is 0 Å². The van der Waals surface area contributed by atoms with Gasteiger partial charge < -0.3 is 32.5 Å². The van der Waals surface area contributed by atoms with E-state index in [0.717, 1.165) is 5.56 Å². The fourth-order valence-corrected chi connectivity index (χ4v) is 4.40. The Hall–Kier alpha value is -2.54. The Morgan fingerprint density at radius 3 is 2.36 bits per heavy atom. The molecule has 224 valence electrons. The van der Waals surface area contributed by atoms with Crippen molar-refractivity contribution in [3.63, 3.8) is 0 Å². The van der Waals surface area contributed by atoms with E-state index in [1.807, 2.05) is 30.3 Å². The monoisotopic (exact) mass is 598 g/mol. The quantitative estimate of drug-likeness (QED) is 0.143. The molecule has 0 aliphatic carbocycles. The molecule has 1 aromatic rings. The summed E-state index contributed by atoms with van der Waals surface area (Å²) in [5.41, 5.74) is 11.6. The van der Waals surface area contributed by atoms with E-state index in [1.165, 1.54) is 4.90 Å². The van der Waals surface area contributed by atoms with Gasteiger partial charge in [0.2, 0.25) is 17.6 Å². The molecule has 2 amide bonds. The normalized spacial score (nSPS) is 16.0. The van der Waals surface area contributed by atoms with E-state index in [-0.39, 0.29) is 68.0 Å². The van der Waals surface area contributed by atoms with Crippen molar-refractivity contribution >= 4 is 48.4 Å². The molecule has 0 bridgehead atoms. The molecule has 3 atom stereocenters. The third kappa shape index (κ3) is 11.6. The van der Waals surface area contributed by atoms with Gasteiger partial charge in [0.15, 0.2) is 5.96 Å². The van der Waals surface area contributed by atoms with Crippen LogP contribution < -0.4 is 22.1 Å². The molecule has 1 unspecified atom stereocenters. The first kappa shape index (κ1) is 38.6. The van der Waals surface area contributed by atoms with Crippen molar-refractivity contribution < 1.29 is 28.6 Å². The maximum absolute atomic E-state index is 14.5. The fraction of sp³-hybridized carbons (Fsp3) is 0.600. The van der Waals surface area contributed by atoms with Crippen LogP contribution in [0.1, 0.15) is 51.0 Å². The highest BCUT2D eigenvalue weighted by Crippen LogP contribution is 2.25. The maximum Gasteiger partial charge on any atom is 0.307 e. The van der Waals surface area contributed by atoms with Crippen LogP contribution in [0.25, 0.3) is 0 Å². The van der Waals surface area contributed by atoms with Gasteiger partial charge in [-0.05, 0) is 51.1 Å². The lowest BCUT2D eigenvalue weighted by atomic mass is 9.98. The van der Waals surface area contributed by atoms with Gasteiger partial charge in [-0.1, -0.05) is 37.3 Å². The molecule has 1 heterocycles. The summed E-state index contributed by atoms with van der Waals surface area (Å²) in [4.78, 5) is 44.4. The summed E-state index contributed by atoms with van der Waals surface area (Å²) in [6.45, 7) is 2.07. The summed E-state index contributed by atoms with van der Waals surface area (Å²) in [6.07, 6.45) is 1.11. The van der Waals surface area contributed by atoms with Gasteiger partial charge in [0.05, 0.1) is 12.1 Å². The van der Waals surface area contributed by atoms with Crippen molar-refractivity contribution in [2.75, 3.05) is 20.1 Å². The predicted molar refractivity (Wildman–Crippen MR) is 153 cm³/mol. The van der Waals surface area contributed by atoms with E-state index in [0.29, 0.717) is 25.8 Å². The number of likely N-dealkylation sites (N-methyl/N-ethyl adjacent to an activating group) is 1. The molecule has 8 N–H and O–H groups in total. The van der Waals surface area contributed by atoms with Crippen LogP contribution in [-0.4, -0.2) is 78.1 Å². The van der Waals surface area contributed by atoms with E-state index in [1.54, 1.807) is 14.0 Å². The summed E-state index contributed by atoms with van der Waals surface area (Å²) in [5.74, 6) is -5.90. The number of rotatable bonds is 14. The number of benzene rings is 1. The first-order valence-corrected chi connectivity index (χ1v) is 12.4. The zero-order valence-electron chi connectivity index (χ0n) is 22.3. The number of likely N-dealkylation sites (tertiary alicyclic amines) is 1. The smallest absolute Gasteiger partial charge is 0.307 e. The number of nitrogens with zero attached hydrogens (tertiary/aromatic N) is 2. The van der Waals surface area contributed by atoms with E-state index in [9.17, 15) is 23.2 Å². The Morgan fingerprint density at radius 1 is 1.15 bits per heavy atom. The number of ketones is 1. The van der Waals surface area contributed by atoms with E-state index in [2.05, 4.69) is 15.6 Å². The minimum absolute atomic E-state index is 0. The number of amides is 2. The third-order valence-electron chi connectivity index (χ3n) is 6.27. The van der Waals surface area contributed by atoms with E-state index in [4.69, 9.17) is 11.5 Å². The third-order valence-corrected chi connectivity index (χ3v) is 6.27. The van der Waals surface area contributed by atoms with E-state index >= 15 is 0 Å². The zero-order valence-corrected chi connectivity index (χ0v) is 24.0. The van der Waals surface area contributed by atoms with Crippen molar-refractivity contribution in [2.24, 2.45) is 16.5 Å². The minimum Gasteiger partial charge on any atom is -0.412 e. The van der Waals surface area contributed by atoms with Crippen molar-refractivity contribution in [1.82, 2.24) is 15.5 Å². The summed E-state index contributed by atoms with van der Waals surface area (Å²) >= 11 is 0. The number of aliphatic imine (C=N–C) groups is 1. The molecule has 1 aliphatic rings. The molecule has 0 spiro atoms. The lowest BCUT2D eigenvalue weighted by Gasteiger charge is -2.30. The number of halogens is 4. The van der Waals surface area contributed by atoms with Gasteiger partial charge in [-0.2, -0.15) is 8.78 Å². The summed E-state index contributed by atoms with van der Waals surface area (Å²) < 4.78 is 28.9. The van der Waals surface area contributed by atoms with Crippen LogP contribution in [0.15, 0.2) is 35.3 Å². The molecule has 0 radical (unpaired) electrons. The number of nitrogens with two attached hydrogens (primary N) is 2. The molecule has 1 fully saturated rings. The number of nitrogens with one attached hydrogen (secondary N) is 2.